The number of carbonyl (C=O) groups excluding carboxylic acids is 2. The van der Waals surface area contributed by atoms with Crippen LogP contribution in [0.1, 0.15) is 24.8 Å². The molecule has 2 amide bonds. The standard InChI is InChI=1S/C15H18N2O3/c1-9-2-5-12-13(6-9)20-8-10(15(19)17-12)7-14(18)16-11-3-4-11/h2,5-6,10-11H,3-4,7-8H2,1H3,(H,16,18)(H,17,19). The van der Waals surface area contributed by atoms with Gasteiger partial charge in [0.05, 0.1) is 11.6 Å². The molecule has 5 heteroatoms. The SMILES string of the molecule is Cc1ccc2c(c1)OCC(CC(=O)NC1CC1)C(=O)N2. The van der Waals surface area contributed by atoms with Crippen molar-refractivity contribution in [3.05, 3.63) is 23.8 Å². The third-order valence-corrected chi connectivity index (χ3v) is 3.58. The Balaban J connectivity index is 1.67. The first-order chi connectivity index (χ1) is 9.61. The number of fused-ring (bicyclic) bond motifs is 1. The zero-order valence-corrected chi connectivity index (χ0v) is 11.4. The molecule has 1 fully saturated rings. The molecule has 1 aliphatic heterocycles. The van der Waals surface area contributed by atoms with Gasteiger partial charge < -0.3 is 15.4 Å². The third-order valence-electron chi connectivity index (χ3n) is 3.58. The van der Waals surface area contributed by atoms with Gasteiger partial charge in [0, 0.05) is 12.5 Å². The number of anilines is 1. The van der Waals surface area contributed by atoms with Crippen LogP contribution in [0, 0.1) is 12.8 Å². The molecule has 1 unspecified atom stereocenters. The van der Waals surface area contributed by atoms with Crippen molar-refractivity contribution >= 4 is 17.5 Å². The number of hydrogen-bond donors (Lipinski definition) is 2. The lowest BCUT2D eigenvalue weighted by Gasteiger charge is -2.12. The summed E-state index contributed by atoms with van der Waals surface area (Å²) in [5, 5.41) is 5.73. The minimum Gasteiger partial charge on any atom is -0.491 e. The fourth-order valence-electron chi connectivity index (χ4n) is 2.24. The Labute approximate surface area is 117 Å². The largest absolute Gasteiger partial charge is 0.491 e. The van der Waals surface area contributed by atoms with Gasteiger partial charge in [-0.25, -0.2) is 0 Å². The van der Waals surface area contributed by atoms with Crippen LogP contribution in [0.5, 0.6) is 5.75 Å². The Morgan fingerprint density at radius 2 is 2.25 bits per heavy atom. The van der Waals surface area contributed by atoms with E-state index in [-0.39, 0.29) is 24.8 Å². The molecule has 2 aliphatic rings. The second-order valence-corrected chi connectivity index (χ2v) is 5.54. The van der Waals surface area contributed by atoms with Gasteiger partial charge >= 0.3 is 0 Å². The van der Waals surface area contributed by atoms with E-state index in [1.807, 2.05) is 25.1 Å². The van der Waals surface area contributed by atoms with Crippen LogP contribution >= 0.6 is 0 Å². The predicted octanol–water partition coefficient (Wildman–Crippen LogP) is 1.61. The molecule has 1 atom stereocenters. The smallest absolute Gasteiger partial charge is 0.231 e. The van der Waals surface area contributed by atoms with Crippen molar-refractivity contribution < 1.29 is 14.3 Å². The first-order valence-electron chi connectivity index (χ1n) is 6.95. The number of rotatable bonds is 3. The molecule has 0 bridgehead atoms. The number of hydrogen-bond acceptors (Lipinski definition) is 3. The van der Waals surface area contributed by atoms with E-state index in [1.54, 1.807) is 0 Å². The summed E-state index contributed by atoms with van der Waals surface area (Å²) in [6.45, 7) is 2.21. The number of aryl methyl sites for hydroxylation is 1. The number of carbonyl (C=O) groups is 2. The highest BCUT2D eigenvalue weighted by Gasteiger charge is 2.29. The minimum absolute atomic E-state index is 0.0709. The molecule has 5 nitrogen and oxygen atoms in total. The Kier molecular flexibility index (Phi) is 3.34. The van der Waals surface area contributed by atoms with E-state index in [1.165, 1.54) is 0 Å². The molecule has 0 saturated heterocycles. The molecule has 3 rings (SSSR count). The predicted molar refractivity (Wildman–Crippen MR) is 74.6 cm³/mol. The highest BCUT2D eigenvalue weighted by Crippen LogP contribution is 2.29. The Hall–Kier alpha value is -2.04. The van der Waals surface area contributed by atoms with E-state index in [4.69, 9.17) is 4.74 Å². The number of benzene rings is 1. The van der Waals surface area contributed by atoms with Crippen molar-refractivity contribution in [3.63, 3.8) is 0 Å². The van der Waals surface area contributed by atoms with Gasteiger partial charge in [-0.1, -0.05) is 6.07 Å². The summed E-state index contributed by atoms with van der Waals surface area (Å²) in [4.78, 5) is 23.9. The molecule has 0 radical (unpaired) electrons. The van der Waals surface area contributed by atoms with Gasteiger partial charge in [0.25, 0.3) is 0 Å². The van der Waals surface area contributed by atoms with Crippen LogP contribution in [0.15, 0.2) is 18.2 Å². The molecular formula is C15H18N2O3. The van der Waals surface area contributed by atoms with Crippen LogP contribution in [0.3, 0.4) is 0 Å². The van der Waals surface area contributed by atoms with E-state index >= 15 is 0 Å². The van der Waals surface area contributed by atoms with E-state index in [0.717, 1.165) is 18.4 Å². The lowest BCUT2D eigenvalue weighted by molar-refractivity contribution is -0.128. The zero-order valence-electron chi connectivity index (χ0n) is 11.4. The molecule has 1 saturated carbocycles. The number of nitrogens with one attached hydrogen (secondary N) is 2. The second kappa shape index (κ2) is 5.15. The molecule has 2 N–H and O–H groups in total. The van der Waals surface area contributed by atoms with Crippen LogP contribution in [0.2, 0.25) is 0 Å². The fraction of sp³-hybridized carbons (Fsp3) is 0.467. The maximum Gasteiger partial charge on any atom is 0.231 e. The van der Waals surface area contributed by atoms with E-state index in [0.29, 0.717) is 17.5 Å². The molecule has 20 heavy (non-hydrogen) atoms. The van der Waals surface area contributed by atoms with Crippen molar-refractivity contribution in [2.24, 2.45) is 5.92 Å². The Bertz CT molecular complexity index is 552. The normalized spacial score (nSPS) is 21.2. The lowest BCUT2D eigenvalue weighted by Crippen LogP contribution is -2.33. The van der Waals surface area contributed by atoms with Crippen molar-refractivity contribution in [2.75, 3.05) is 11.9 Å². The molecule has 0 spiro atoms. The Morgan fingerprint density at radius 3 is 3.00 bits per heavy atom. The van der Waals surface area contributed by atoms with Crippen LogP contribution in [-0.4, -0.2) is 24.5 Å². The summed E-state index contributed by atoms with van der Waals surface area (Å²) >= 11 is 0. The number of amides is 2. The molecule has 1 aromatic rings. The van der Waals surface area contributed by atoms with Crippen molar-refractivity contribution in [1.82, 2.24) is 5.32 Å². The minimum atomic E-state index is -0.443. The van der Waals surface area contributed by atoms with Crippen LogP contribution in [-0.2, 0) is 9.59 Å². The first-order valence-corrected chi connectivity index (χ1v) is 6.95. The second-order valence-electron chi connectivity index (χ2n) is 5.54. The number of ether oxygens (including phenoxy) is 1. The lowest BCUT2D eigenvalue weighted by atomic mass is 10.1. The molecule has 0 aromatic heterocycles. The zero-order chi connectivity index (χ0) is 14.1. The quantitative estimate of drug-likeness (QED) is 0.880. The van der Waals surface area contributed by atoms with Crippen molar-refractivity contribution in [3.8, 4) is 5.75 Å². The summed E-state index contributed by atoms with van der Waals surface area (Å²) < 4.78 is 5.67. The molecule has 1 heterocycles. The van der Waals surface area contributed by atoms with Gasteiger partial charge in [-0.05, 0) is 37.5 Å². The van der Waals surface area contributed by atoms with Gasteiger partial charge in [-0.3, -0.25) is 9.59 Å². The first kappa shape index (κ1) is 13.0. The van der Waals surface area contributed by atoms with Crippen molar-refractivity contribution in [2.45, 2.75) is 32.2 Å². The van der Waals surface area contributed by atoms with Crippen LogP contribution in [0.4, 0.5) is 5.69 Å². The average Bonchev–Trinajstić information content (AvgIpc) is 3.21. The van der Waals surface area contributed by atoms with Gasteiger partial charge in [0.15, 0.2) is 0 Å². The maximum absolute atomic E-state index is 12.1. The molecule has 1 aromatic carbocycles. The summed E-state index contributed by atoms with van der Waals surface area (Å²) in [6.07, 6.45) is 2.27. The van der Waals surface area contributed by atoms with Gasteiger partial charge in [-0.15, -0.1) is 0 Å². The highest BCUT2D eigenvalue weighted by atomic mass is 16.5. The topological polar surface area (TPSA) is 67.4 Å². The maximum atomic E-state index is 12.1. The Morgan fingerprint density at radius 1 is 1.45 bits per heavy atom. The summed E-state index contributed by atoms with van der Waals surface area (Å²) in [5.74, 6) is 0.00171. The molecule has 1 aliphatic carbocycles. The van der Waals surface area contributed by atoms with Gasteiger partial charge in [-0.2, -0.15) is 0 Å². The van der Waals surface area contributed by atoms with Gasteiger partial charge in [0.2, 0.25) is 11.8 Å². The van der Waals surface area contributed by atoms with Crippen LogP contribution in [0.25, 0.3) is 0 Å². The van der Waals surface area contributed by atoms with Crippen molar-refractivity contribution in [1.29, 1.82) is 0 Å². The summed E-state index contributed by atoms with van der Waals surface area (Å²) in [7, 11) is 0. The molecular weight excluding hydrogens is 256 g/mol. The molecule has 106 valence electrons. The average molecular weight is 274 g/mol. The van der Waals surface area contributed by atoms with Gasteiger partial charge in [0.1, 0.15) is 12.4 Å². The highest BCUT2D eigenvalue weighted by molar-refractivity contribution is 5.97. The van der Waals surface area contributed by atoms with E-state index in [9.17, 15) is 9.59 Å². The monoisotopic (exact) mass is 274 g/mol. The summed E-state index contributed by atoms with van der Waals surface area (Å²) in [5.41, 5.74) is 1.74. The van der Waals surface area contributed by atoms with E-state index < -0.39 is 5.92 Å². The van der Waals surface area contributed by atoms with E-state index in [2.05, 4.69) is 10.6 Å². The third kappa shape index (κ3) is 2.92. The summed E-state index contributed by atoms with van der Waals surface area (Å²) in [6, 6.07) is 5.96. The fourth-order valence-corrected chi connectivity index (χ4v) is 2.24. The van der Waals surface area contributed by atoms with Crippen LogP contribution < -0.4 is 15.4 Å².